The fourth-order valence-electron chi connectivity index (χ4n) is 3.94. The van der Waals surface area contributed by atoms with Gasteiger partial charge < -0.3 is 5.32 Å². The van der Waals surface area contributed by atoms with Gasteiger partial charge >= 0.3 is 6.03 Å². The van der Waals surface area contributed by atoms with Gasteiger partial charge in [-0.3, -0.25) is 10.2 Å². The van der Waals surface area contributed by atoms with Gasteiger partial charge in [0.1, 0.15) is 0 Å². The summed E-state index contributed by atoms with van der Waals surface area (Å²) >= 11 is 6.02. The van der Waals surface area contributed by atoms with Crippen LogP contribution in [0, 0.1) is 0 Å². The van der Waals surface area contributed by atoms with Crippen molar-refractivity contribution in [1.29, 1.82) is 0 Å². The van der Waals surface area contributed by atoms with Crippen molar-refractivity contribution in [3.63, 3.8) is 0 Å². The molecule has 34 heavy (non-hydrogen) atoms. The molecule has 3 amide bonds. The Morgan fingerprint density at radius 3 is 2.26 bits per heavy atom. The molecular formula is C24H31ClN4O4S. The zero-order valence-corrected chi connectivity index (χ0v) is 20.6. The smallest absolute Gasteiger partial charge is 0.343 e. The third-order valence-corrected chi connectivity index (χ3v) is 7.46. The van der Waals surface area contributed by atoms with Crippen molar-refractivity contribution in [3.05, 3.63) is 65.7 Å². The first-order chi connectivity index (χ1) is 16.4. The zero-order valence-electron chi connectivity index (χ0n) is 19.0. The van der Waals surface area contributed by atoms with Gasteiger partial charge in [0.25, 0.3) is 10.0 Å². The molecule has 0 radical (unpaired) electrons. The number of nitrogens with one attached hydrogen (secondary N) is 3. The Morgan fingerprint density at radius 2 is 1.59 bits per heavy atom. The second-order valence-corrected chi connectivity index (χ2v) is 10.2. The molecule has 0 aromatic heterocycles. The van der Waals surface area contributed by atoms with E-state index >= 15 is 0 Å². The summed E-state index contributed by atoms with van der Waals surface area (Å²) in [5.41, 5.74) is 3.95. The van der Waals surface area contributed by atoms with Gasteiger partial charge in [-0.25, -0.2) is 22.9 Å². The van der Waals surface area contributed by atoms with Crippen LogP contribution in [0.1, 0.15) is 42.7 Å². The van der Waals surface area contributed by atoms with Crippen LogP contribution in [-0.4, -0.2) is 50.9 Å². The van der Waals surface area contributed by atoms with Crippen molar-refractivity contribution in [2.24, 2.45) is 0 Å². The van der Waals surface area contributed by atoms with Crippen molar-refractivity contribution in [2.45, 2.75) is 42.9 Å². The second-order valence-electron chi connectivity index (χ2n) is 8.21. The largest absolute Gasteiger partial charge is 0.355 e. The SMILES string of the molecule is O=C(NN1CCCCCC1)NS(=O)(=O)c1ccccc1CCNC(=O)C(CCl)c1ccccc1. The maximum absolute atomic E-state index is 12.9. The van der Waals surface area contributed by atoms with Crippen LogP contribution < -0.4 is 15.5 Å². The van der Waals surface area contributed by atoms with Crippen LogP contribution >= 0.6 is 11.6 Å². The van der Waals surface area contributed by atoms with Crippen molar-refractivity contribution in [2.75, 3.05) is 25.5 Å². The summed E-state index contributed by atoms with van der Waals surface area (Å²) in [6, 6.07) is 14.9. The quantitative estimate of drug-likeness (QED) is 0.453. The van der Waals surface area contributed by atoms with Crippen LogP contribution in [0.25, 0.3) is 0 Å². The molecule has 1 atom stereocenters. The zero-order chi connectivity index (χ0) is 24.4. The van der Waals surface area contributed by atoms with E-state index in [4.69, 9.17) is 11.6 Å². The molecule has 184 valence electrons. The molecule has 10 heteroatoms. The lowest BCUT2D eigenvalue weighted by Crippen LogP contribution is -2.49. The van der Waals surface area contributed by atoms with Crippen molar-refractivity contribution in [1.82, 2.24) is 20.5 Å². The maximum atomic E-state index is 12.9. The highest BCUT2D eigenvalue weighted by Crippen LogP contribution is 2.18. The molecule has 2 aromatic rings. The topological polar surface area (TPSA) is 108 Å². The van der Waals surface area contributed by atoms with E-state index in [9.17, 15) is 18.0 Å². The normalized spacial score (nSPS) is 15.7. The number of carbonyl (C=O) groups excluding carboxylic acids is 2. The minimum absolute atomic E-state index is 0.00668. The number of halogens is 1. The molecule has 0 saturated carbocycles. The first-order valence-corrected chi connectivity index (χ1v) is 13.5. The van der Waals surface area contributed by atoms with Gasteiger partial charge in [-0.05, 0) is 36.5 Å². The van der Waals surface area contributed by atoms with Gasteiger partial charge in [0, 0.05) is 25.5 Å². The van der Waals surface area contributed by atoms with Gasteiger partial charge in [0.15, 0.2) is 0 Å². The molecule has 0 bridgehead atoms. The van der Waals surface area contributed by atoms with Crippen LogP contribution in [0.2, 0.25) is 0 Å². The molecular weight excluding hydrogens is 476 g/mol. The number of hydrogen-bond donors (Lipinski definition) is 3. The third-order valence-electron chi connectivity index (χ3n) is 5.72. The number of hydrazine groups is 1. The summed E-state index contributed by atoms with van der Waals surface area (Å²) in [6.07, 6.45) is 4.38. The molecule has 3 rings (SSSR count). The van der Waals surface area contributed by atoms with Crippen LogP contribution in [0.15, 0.2) is 59.5 Å². The Balaban J connectivity index is 1.59. The molecule has 1 heterocycles. The van der Waals surface area contributed by atoms with Gasteiger partial charge in [0.05, 0.1) is 10.8 Å². The minimum Gasteiger partial charge on any atom is -0.355 e. The highest BCUT2D eigenvalue weighted by Gasteiger charge is 2.23. The molecule has 1 aliphatic rings. The van der Waals surface area contributed by atoms with Gasteiger partial charge in [-0.2, -0.15) is 0 Å². The van der Waals surface area contributed by atoms with E-state index in [1.807, 2.05) is 30.3 Å². The van der Waals surface area contributed by atoms with Gasteiger partial charge in [-0.1, -0.05) is 61.4 Å². The average Bonchev–Trinajstić information content (AvgIpc) is 3.09. The molecule has 1 aliphatic heterocycles. The lowest BCUT2D eigenvalue weighted by molar-refractivity contribution is -0.122. The molecule has 1 unspecified atom stereocenters. The molecule has 1 saturated heterocycles. The number of carbonyl (C=O) groups is 2. The highest BCUT2D eigenvalue weighted by molar-refractivity contribution is 7.90. The predicted octanol–water partition coefficient (Wildman–Crippen LogP) is 3.15. The molecule has 0 spiro atoms. The summed E-state index contributed by atoms with van der Waals surface area (Å²) < 4.78 is 27.9. The van der Waals surface area contributed by atoms with Crippen LogP contribution in [0.4, 0.5) is 4.79 Å². The summed E-state index contributed by atoms with van der Waals surface area (Å²) in [5.74, 6) is -0.584. The van der Waals surface area contributed by atoms with Crippen LogP contribution in [-0.2, 0) is 21.2 Å². The van der Waals surface area contributed by atoms with E-state index in [0.29, 0.717) is 18.7 Å². The van der Waals surface area contributed by atoms with E-state index in [-0.39, 0.29) is 29.6 Å². The van der Waals surface area contributed by atoms with Crippen molar-refractivity contribution >= 4 is 33.6 Å². The molecule has 8 nitrogen and oxygen atoms in total. The van der Waals surface area contributed by atoms with Gasteiger partial charge in [0.2, 0.25) is 5.91 Å². The van der Waals surface area contributed by atoms with E-state index < -0.39 is 22.0 Å². The first kappa shape index (κ1) is 26.0. The Bertz CT molecular complexity index is 1060. The molecule has 2 aromatic carbocycles. The Labute approximate surface area is 206 Å². The summed E-state index contributed by atoms with van der Waals surface area (Å²) in [6.45, 7) is 1.61. The summed E-state index contributed by atoms with van der Waals surface area (Å²) in [7, 11) is -4.09. The monoisotopic (exact) mass is 506 g/mol. The Hall–Kier alpha value is -2.62. The number of hydrogen-bond acceptors (Lipinski definition) is 5. The number of urea groups is 1. The number of sulfonamides is 1. The second kappa shape index (κ2) is 12.7. The molecule has 3 N–H and O–H groups in total. The van der Waals surface area contributed by atoms with Gasteiger partial charge in [-0.15, -0.1) is 11.6 Å². The highest BCUT2D eigenvalue weighted by atomic mass is 35.5. The fraction of sp³-hybridized carbons (Fsp3) is 0.417. The summed E-state index contributed by atoms with van der Waals surface area (Å²) in [5, 5.41) is 4.58. The lowest BCUT2D eigenvalue weighted by Gasteiger charge is -2.21. The van der Waals surface area contributed by atoms with Crippen molar-refractivity contribution in [3.8, 4) is 0 Å². The third kappa shape index (κ3) is 7.44. The predicted molar refractivity (Wildman–Crippen MR) is 132 cm³/mol. The average molecular weight is 507 g/mol. The van der Waals surface area contributed by atoms with Crippen molar-refractivity contribution < 1.29 is 18.0 Å². The minimum atomic E-state index is -4.09. The Kier molecular flexibility index (Phi) is 9.74. The van der Waals surface area contributed by atoms with E-state index in [1.54, 1.807) is 23.2 Å². The van der Waals surface area contributed by atoms with Crippen LogP contribution in [0.3, 0.4) is 0 Å². The molecule has 1 fully saturated rings. The first-order valence-electron chi connectivity index (χ1n) is 11.5. The lowest BCUT2D eigenvalue weighted by atomic mass is 10.0. The number of benzene rings is 2. The maximum Gasteiger partial charge on any atom is 0.343 e. The summed E-state index contributed by atoms with van der Waals surface area (Å²) in [4.78, 5) is 25.0. The number of alkyl halides is 1. The van der Waals surface area contributed by atoms with E-state index in [0.717, 1.165) is 31.2 Å². The number of rotatable bonds is 9. The number of amides is 3. The van der Waals surface area contributed by atoms with E-state index in [1.165, 1.54) is 6.07 Å². The molecule has 0 aliphatic carbocycles. The van der Waals surface area contributed by atoms with Crippen LogP contribution in [0.5, 0.6) is 0 Å². The Morgan fingerprint density at radius 1 is 0.941 bits per heavy atom. The fourth-order valence-corrected chi connectivity index (χ4v) is 5.43. The van der Waals surface area contributed by atoms with E-state index in [2.05, 4.69) is 15.5 Å². The number of nitrogens with zero attached hydrogens (tertiary/aromatic N) is 1. The standard InChI is InChI=1S/C24H31ClN4O4S/c25-18-21(19-10-4-3-5-11-19)23(30)26-15-14-20-12-6-7-13-22(20)34(32,33)28-24(31)27-29-16-8-1-2-9-17-29/h3-7,10-13,21H,1-2,8-9,14-18H2,(H,26,30)(H2,27,28,31).